The van der Waals surface area contributed by atoms with Crippen LogP contribution in [0.15, 0.2) is 30.3 Å². The number of fused-ring (bicyclic) bond motifs is 1. The second-order valence-corrected chi connectivity index (χ2v) is 10.0. The molecule has 1 aromatic carbocycles. The van der Waals surface area contributed by atoms with Crippen LogP contribution in [0.2, 0.25) is 0 Å². The number of benzene rings is 1. The number of nitrogens with zero attached hydrogens (tertiary/aromatic N) is 2. The van der Waals surface area contributed by atoms with Crippen LogP contribution in [-0.4, -0.2) is 43.4 Å². The van der Waals surface area contributed by atoms with Gasteiger partial charge in [0.2, 0.25) is 0 Å². The van der Waals surface area contributed by atoms with Gasteiger partial charge in [0, 0.05) is 35.2 Å². The molecule has 27 heavy (non-hydrogen) atoms. The molecule has 0 unspecified atom stereocenters. The average Bonchev–Trinajstić information content (AvgIpc) is 3.13. The van der Waals surface area contributed by atoms with Gasteiger partial charge in [-0.2, -0.15) is 0 Å². The van der Waals surface area contributed by atoms with Crippen LogP contribution >= 0.6 is 0 Å². The van der Waals surface area contributed by atoms with Crippen LogP contribution in [0.25, 0.3) is 0 Å². The molecule has 3 heterocycles. The van der Waals surface area contributed by atoms with Crippen molar-refractivity contribution >= 4 is 21.3 Å². The molecular weight excluding hydrogens is 360 g/mol. The molecule has 0 N–H and O–H groups in total. The summed E-state index contributed by atoms with van der Waals surface area (Å²) in [5, 5.41) is 0. The molecule has 2 aromatic rings. The maximum absolute atomic E-state index is 13.1. The molecule has 1 atom stereocenters. The third kappa shape index (κ3) is 3.43. The van der Waals surface area contributed by atoms with Crippen LogP contribution < -0.4 is 4.90 Å². The fourth-order valence-corrected chi connectivity index (χ4v) is 6.33. The van der Waals surface area contributed by atoms with Crippen molar-refractivity contribution in [3.63, 3.8) is 0 Å². The van der Waals surface area contributed by atoms with Crippen LogP contribution in [-0.2, 0) is 16.3 Å². The van der Waals surface area contributed by atoms with E-state index in [1.807, 2.05) is 32.0 Å². The summed E-state index contributed by atoms with van der Waals surface area (Å²) in [6.45, 7) is 5.16. The van der Waals surface area contributed by atoms with Crippen molar-refractivity contribution in [2.75, 3.05) is 29.5 Å². The summed E-state index contributed by atoms with van der Waals surface area (Å²) in [5.41, 5.74) is 5.05. The topological polar surface area (TPSA) is 59.4 Å². The molecule has 1 fully saturated rings. The number of para-hydroxylation sites is 1. The molecule has 0 spiro atoms. The van der Waals surface area contributed by atoms with Gasteiger partial charge in [0.25, 0.3) is 0 Å². The third-order valence-corrected chi connectivity index (χ3v) is 7.65. The molecule has 144 valence electrons. The first kappa shape index (κ1) is 18.3. The number of anilines is 1. The molecule has 4 rings (SSSR count). The summed E-state index contributed by atoms with van der Waals surface area (Å²) < 4.78 is 25.8. The number of hydrogen-bond donors (Lipinski definition) is 0. The number of hydrogen-bond acceptors (Lipinski definition) is 4. The number of rotatable bonds is 4. The standard InChI is InChI=1S/C21H26N2O3S/c1-15-12-19(16(2)23(15)18-9-11-27(25,26)14-18)21(24)13-22-10-5-7-17-6-3-4-8-20(17)22/h3-4,6,8,12,18H,5,7,9-11,13-14H2,1-2H3/t18-/m1/s1. The Kier molecular flexibility index (Phi) is 4.62. The molecular formula is C21H26N2O3S. The predicted octanol–water partition coefficient (Wildman–Crippen LogP) is 3.10. The van der Waals surface area contributed by atoms with Gasteiger partial charge < -0.3 is 9.47 Å². The van der Waals surface area contributed by atoms with E-state index in [0.29, 0.717) is 13.0 Å². The largest absolute Gasteiger partial charge is 0.364 e. The van der Waals surface area contributed by atoms with Crippen molar-refractivity contribution < 1.29 is 13.2 Å². The number of aryl methyl sites for hydroxylation is 2. The lowest BCUT2D eigenvalue weighted by Gasteiger charge is -2.30. The first-order valence-corrected chi connectivity index (χ1v) is 11.4. The van der Waals surface area contributed by atoms with E-state index < -0.39 is 9.84 Å². The Morgan fingerprint density at radius 2 is 2.00 bits per heavy atom. The highest BCUT2D eigenvalue weighted by Crippen LogP contribution is 2.30. The Bertz CT molecular complexity index is 991. The highest BCUT2D eigenvalue weighted by Gasteiger charge is 2.32. The number of ketones is 1. The number of aromatic nitrogens is 1. The monoisotopic (exact) mass is 386 g/mol. The van der Waals surface area contributed by atoms with Gasteiger partial charge in [-0.15, -0.1) is 0 Å². The Morgan fingerprint density at radius 1 is 1.22 bits per heavy atom. The fraction of sp³-hybridized carbons (Fsp3) is 0.476. The maximum Gasteiger partial charge on any atom is 0.183 e. The number of carbonyl (C=O) groups is 1. The first-order valence-electron chi connectivity index (χ1n) is 9.60. The zero-order chi connectivity index (χ0) is 19.2. The summed E-state index contributed by atoms with van der Waals surface area (Å²) in [7, 11) is -2.96. The summed E-state index contributed by atoms with van der Waals surface area (Å²) in [4.78, 5) is 15.3. The zero-order valence-electron chi connectivity index (χ0n) is 15.9. The minimum absolute atomic E-state index is 0.0488. The molecule has 0 bridgehead atoms. The second kappa shape index (κ2) is 6.82. The lowest BCUT2D eigenvalue weighted by molar-refractivity contribution is 0.0998. The van der Waals surface area contributed by atoms with E-state index in [0.717, 1.165) is 42.0 Å². The average molecular weight is 387 g/mol. The predicted molar refractivity (Wildman–Crippen MR) is 108 cm³/mol. The van der Waals surface area contributed by atoms with Gasteiger partial charge in [-0.1, -0.05) is 18.2 Å². The Morgan fingerprint density at radius 3 is 2.74 bits per heavy atom. The molecule has 2 aliphatic rings. The van der Waals surface area contributed by atoms with Gasteiger partial charge in [0.05, 0.1) is 18.1 Å². The molecule has 6 heteroatoms. The zero-order valence-corrected chi connectivity index (χ0v) is 16.8. The lowest BCUT2D eigenvalue weighted by atomic mass is 10.0. The van der Waals surface area contributed by atoms with Gasteiger partial charge in [0.15, 0.2) is 15.6 Å². The molecule has 5 nitrogen and oxygen atoms in total. The fourth-order valence-electron chi connectivity index (χ4n) is 4.63. The number of sulfone groups is 1. The van der Waals surface area contributed by atoms with E-state index in [1.165, 1.54) is 5.56 Å². The Balaban J connectivity index is 1.58. The Hall–Kier alpha value is -2.08. The minimum Gasteiger partial charge on any atom is -0.364 e. The van der Waals surface area contributed by atoms with Crippen molar-refractivity contribution in [3.8, 4) is 0 Å². The molecule has 0 saturated carbocycles. The Labute approximate surface area is 160 Å². The summed E-state index contributed by atoms with van der Waals surface area (Å²) >= 11 is 0. The van der Waals surface area contributed by atoms with Crippen LogP contribution in [0.3, 0.4) is 0 Å². The number of Topliss-reactive ketones (excluding diaryl/α,β-unsaturated/α-hetero) is 1. The highest BCUT2D eigenvalue weighted by atomic mass is 32.2. The molecule has 0 amide bonds. The van der Waals surface area contributed by atoms with Crippen LogP contribution in [0.1, 0.15) is 46.2 Å². The van der Waals surface area contributed by atoms with E-state index in [4.69, 9.17) is 0 Å². The van der Waals surface area contributed by atoms with E-state index in [1.54, 1.807) is 0 Å². The third-order valence-electron chi connectivity index (χ3n) is 5.90. The molecule has 1 aromatic heterocycles. The molecule has 2 aliphatic heterocycles. The first-order chi connectivity index (χ1) is 12.9. The van der Waals surface area contributed by atoms with Gasteiger partial charge >= 0.3 is 0 Å². The van der Waals surface area contributed by atoms with E-state index in [9.17, 15) is 13.2 Å². The summed E-state index contributed by atoms with van der Waals surface area (Å²) in [6.07, 6.45) is 2.75. The van der Waals surface area contributed by atoms with E-state index in [2.05, 4.69) is 21.6 Å². The SMILES string of the molecule is Cc1cc(C(=O)CN2CCCc3ccccc32)c(C)n1[C@@H]1CCS(=O)(=O)C1. The second-order valence-electron chi connectivity index (χ2n) is 7.79. The van der Waals surface area contributed by atoms with E-state index in [-0.39, 0.29) is 23.3 Å². The smallest absolute Gasteiger partial charge is 0.183 e. The maximum atomic E-state index is 13.1. The van der Waals surface area contributed by atoms with Crippen molar-refractivity contribution in [3.05, 3.63) is 52.8 Å². The van der Waals surface area contributed by atoms with Crippen molar-refractivity contribution in [2.24, 2.45) is 0 Å². The van der Waals surface area contributed by atoms with Gasteiger partial charge in [-0.25, -0.2) is 8.42 Å². The van der Waals surface area contributed by atoms with Crippen molar-refractivity contribution in [1.82, 2.24) is 4.57 Å². The van der Waals surface area contributed by atoms with Gasteiger partial charge in [-0.3, -0.25) is 4.79 Å². The summed E-state index contributed by atoms with van der Waals surface area (Å²) in [5.74, 6) is 0.519. The molecule has 0 radical (unpaired) electrons. The lowest BCUT2D eigenvalue weighted by Crippen LogP contribution is -2.34. The van der Waals surface area contributed by atoms with Crippen LogP contribution in [0, 0.1) is 13.8 Å². The highest BCUT2D eigenvalue weighted by molar-refractivity contribution is 7.91. The van der Waals surface area contributed by atoms with E-state index >= 15 is 0 Å². The van der Waals surface area contributed by atoms with Crippen LogP contribution in [0.5, 0.6) is 0 Å². The van der Waals surface area contributed by atoms with Gasteiger partial charge in [-0.05, 0) is 50.8 Å². The van der Waals surface area contributed by atoms with Crippen molar-refractivity contribution in [2.45, 2.75) is 39.2 Å². The quantitative estimate of drug-likeness (QED) is 0.758. The van der Waals surface area contributed by atoms with Crippen molar-refractivity contribution in [1.29, 1.82) is 0 Å². The van der Waals surface area contributed by atoms with Gasteiger partial charge in [0.1, 0.15) is 0 Å². The molecule has 0 aliphatic carbocycles. The minimum atomic E-state index is -2.96. The normalized spacial score (nSPS) is 21.3. The number of carbonyl (C=O) groups excluding carboxylic acids is 1. The summed E-state index contributed by atoms with van der Waals surface area (Å²) in [6, 6.07) is 10.2. The molecule has 1 saturated heterocycles. The van der Waals surface area contributed by atoms with Crippen LogP contribution in [0.4, 0.5) is 5.69 Å².